The van der Waals surface area contributed by atoms with Crippen molar-refractivity contribution in [3.8, 4) is 11.3 Å². The normalized spacial score (nSPS) is 10.6. The summed E-state index contributed by atoms with van der Waals surface area (Å²) >= 11 is 0. The van der Waals surface area contributed by atoms with Crippen LogP contribution >= 0.6 is 0 Å². The zero-order valence-corrected chi connectivity index (χ0v) is 10.5. The molecule has 2 N–H and O–H groups in total. The molecule has 0 radical (unpaired) electrons. The number of benzene rings is 1. The van der Waals surface area contributed by atoms with Gasteiger partial charge in [0.2, 0.25) is 0 Å². The first-order chi connectivity index (χ1) is 9.33. The van der Waals surface area contributed by atoms with Crippen LogP contribution < -0.4 is 5.32 Å². The van der Waals surface area contributed by atoms with Gasteiger partial charge >= 0.3 is 0 Å². The number of hydrogen-bond acceptors (Lipinski definition) is 4. The SMILES string of the molecule is Cn1nncc1CNc1ccc(-c2ccn[nH]2)cc1. The van der Waals surface area contributed by atoms with E-state index in [1.54, 1.807) is 17.1 Å². The van der Waals surface area contributed by atoms with Gasteiger partial charge in [0.15, 0.2) is 0 Å². The van der Waals surface area contributed by atoms with Crippen molar-refractivity contribution < 1.29 is 0 Å². The lowest BCUT2D eigenvalue weighted by atomic mass is 10.1. The number of anilines is 1. The van der Waals surface area contributed by atoms with Crippen molar-refractivity contribution in [3.63, 3.8) is 0 Å². The van der Waals surface area contributed by atoms with Crippen LogP contribution in [0.25, 0.3) is 11.3 Å². The third kappa shape index (κ3) is 2.47. The summed E-state index contributed by atoms with van der Waals surface area (Å²) in [5.41, 5.74) is 4.23. The monoisotopic (exact) mass is 254 g/mol. The second kappa shape index (κ2) is 4.93. The minimum absolute atomic E-state index is 0.701. The van der Waals surface area contributed by atoms with Gasteiger partial charge in [0.05, 0.1) is 24.1 Å². The van der Waals surface area contributed by atoms with Gasteiger partial charge in [-0.2, -0.15) is 5.10 Å². The lowest BCUT2D eigenvalue weighted by Gasteiger charge is -2.06. The van der Waals surface area contributed by atoms with Crippen LogP contribution in [0.5, 0.6) is 0 Å². The van der Waals surface area contributed by atoms with E-state index in [9.17, 15) is 0 Å². The highest BCUT2D eigenvalue weighted by Gasteiger charge is 2.01. The van der Waals surface area contributed by atoms with Gasteiger partial charge in [-0.05, 0) is 23.8 Å². The Morgan fingerprint density at radius 2 is 2.05 bits per heavy atom. The third-order valence-electron chi connectivity index (χ3n) is 2.98. The molecule has 2 aromatic heterocycles. The van der Waals surface area contributed by atoms with Crippen LogP contribution in [0, 0.1) is 0 Å². The molecule has 3 aromatic rings. The van der Waals surface area contributed by atoms with Gasteiger partial charge in [-0.1, -0.05) is 17.3 Å². The Hall–Kier alpha value is -2.63. The van der Waals surface area contributed by atoms with E-state index in [2.05, 4.69) is 38.0 Å². The van der Waals surface area contributed by atoms with Gasteiger partial charge in [0, 0.05) is 18.9 Å². The number of H-pyrrole nitrogens is 1. The topological polar surface area (TPSA) is 71.4 Å². The molecular formula is C13H14N6. The first-order valence-electron chi connectivity index (χ1n) is 6.00. The van der Waals surface area contributed by atoms with Crippen molar-refractivity contribution in [2.24, 2.45) is 7.05 Å². The number of rotatable bonds is 4. The van der Waals surface area contributed by atoms with E-state index < -0.39 is 0 Å². The summed E-state index contributed by atoms with van der Waals surface area (Å²) in [4.78, 5) is 0. The van der Waals surface area contributed by atoms with Crippen LogP contribution in [0.2, 0.25) is 0 Å². The van der Waals surface area contributed by atoms with Gasteiger partial charge in [0.25, 0.3) is 0 Å². The van der Waals surface area contributed by atoms with Crippen LogP contribution in [-0.4, -0.2) is 25.2 Å². The van der Waals surface area contributed by atoms with E-state index in [4.69, 9.17) is 0 Å². The average Bonchev–Trinajstić information content (AvgIpc) is 3.09. The molecule has 2 heterocycles. The summed E-state index contributed by atoms with van der Waals surface area (Å²) in [5, 5.41) is 18.0. The smallest absolute Gasteiger partial charge is 0.0774 e. The van der Waals surface area contributed by atoms with Crippen molar-refractivity contribution >= 4 is 5.69 Å². The number of aromatic amines is 1. The largest absolute Gasteiger partial charge is 0.379 e. The van der Waals surface area contributed by atoms with E-state index in [1.165, 1.54) is 0 Å². The summed E-state index contributed by atoms with van der Waals surface area (Å²) in [6.45, 7) is 0.701. The highest BCUT2D eigenvalue weighted by atomic mass is 15.4. The third-order valence-corrected chi connectivity index (χ3v) is 2.98. The van der Waals surface area contributed by atoms with Crippen molar-refractivity contribution in [1.82, 2.24) is 25.2 Å². The summed E-state index contributed by atoms with van der Waals surface area (Å²) in [6.07, 6.45) is 3.50. The van der Waals surface area contributed by atoms with E-state index >= 15 is 0 Å². The highest BCUT2D eigenvalue weighted by Crippen LogP contribution is 2.19. The minimum atomic E-state index is 0.701. The molecule has 0 saturated heterocycles. The van der Waals surface area contributed by atoms with Gasteiger partial charge in [-0.25, -0.2) is 0 Å². The second-order valence-electron chi connectivity index (χ2n) is 4.25. The predicted octanol–water partition coefficient (Wildman–Crippen LogP) is 1.82. The Bertz CT molecular complexity index is 638. The summed E-state index contributed by atoms with van der Waals surface area (Å²) in [5.74, 6) is 0. The van der Waals surface area contributed by atoms with E-state index in [0.717, 1.165) is 22.6 Å². The fourth-order valence-electron chi connectivity index (χ4n) is 1.85. The Morgan fingerprint density at radius 1 is 1.21 bits per heavy atom. The Labute approximate surface area is 110 Å². The van der Waals surface area contributed by atoms with Gasteiger partial charge in [-0.15, -0.1) is 5.10 Å². The van der Waals surface area contributed by atoms with E-state index in [-0.39, 0.29) is 0 Å². The number of nitrogens with zero attached hydrogens (tertiary/aromatic N) is 4. The van der Waals surface area contributed by atoms with Crippen molar-refractivity contribution in [3.05, 3.63) is 48.4 Å². The molecule has 0 aliphatic carbocycles. The van der Waals surface area contributed by atoms with Crippen LogP contribution in [0.1, 0.15) is 5.69 Å². The molecule has 0 amide bonds. The molecule has 6 heteroatoms. The van der Waals surface area contributed by atoms with Crippen LogP contribution in [-0.2, 0) is 13.6 Å². The molecule has 0 saturated carbocycles. The number of hydrogen-bond donors (Lipinski definition) is 2. The second-order valence-corrected chi connectivity index (χ2v) is 4.25. The lowest BCUT2D eigenvalue weighted by molar-refractivity contribution is 0.683. The van der Waals surface area contributed by atoms with Crippen LogP contribution in [0.4, 0.5) is 5.69 Å². The molecule has 6 nitrogen and oxygen atoms in total. The minimum Gasteiger partial charge on any atom is -0.379 e. The zero-order valence-electron chi connectivity index (χ0n) is 10.5. The zero-order chi connectivity index (χ0) is 13.1. The Kier molecular flexibility index (Phi) is 2.97. The number of aromatic nitrogens is 5. The Balaban J connectivity index is 1.68. The maximum atomic E-state index is 3.94. The molecule has 3 rings (SSSR count). The molecule has 96 valence electrons. The van der Waals surface area contributed by atoms with Crippen LogP contribution in [0.15, 0.2) is 42.7 Å². The van der Waals surface area contributed by atoms with Gasteiger partial charge in [-0.3, -0.25) is 9.78 Å². The fraction of sp³-hybridized carbons (Fsp3) is 0.154. The van der Waals surface area contributed by atoms with E-state index in [0.29, 0.717) is 6.54 Å². The number of aryl methyl sites for hydroxylation is 1. The molecule has 0 spiro atoms. The molecule has 0 bridgehead atoms. The van der Waals surface area contributed by atoms with Crippen molar-refractivity contribution in [1.29, 1.82) is 0 Å². The van der Waals surface area contributed by atoms with Crippen molar-refractivity contribution in [2.75, 3.05) is 5.32 Å². The molecule has 0 unspecified atom stereocenters. The van der Waals surface area contributed by atoms with Crippen molar-refractivity contribution in [2.45, 2.75) is 6.54 Å². The molecular weight excluding hydrogens is 240 g/mol. The Morgan fingerprint density at radius 3 is 2.68 bits per heavy atom. The van der Waals surface area contributed by atoms with Crippen LogP contribution in [0.3, 0.4) is 0 Å². The summed E-state index contributed by atoms with van der Waals surface area (Å²) in [6, 6.07) is 10.1. The lowest BCUT2D eigenvalue weighted by Crippen LogP contribution is -2.05. The predicted molar refractivity (Wildman–Crippen MR) is 72.4 cm³/mol. The molecule has 0 aliphatic heterocycles. The molecule has 1 aromatic carbocycles. The molecule has 0 fully saturated rings. The van der Waals surface area contributed by atoms with Gasteiger partial charge in [0.1, 0.15) is 0 Å². The molecule has 0 atom stereocenters. The quantitative estimate of drug-likeness (QED) is 0.745. The molecule has 19 heavy (non-hydrogen) atoms. The fourth-order valence-corrected chi connectivity index (χ4v) is 1.85. The highest BCUT2D eigenvalue weighted by molar-refractivity contribution is 5.62. The first-order valence-corrected chi connectivity index (χ1v) is 6.00. The maximum Gasteiger partial charge on any atom is 0.0774 e. The standard InChI is InChI=1S/C13H14N6/c1-19-12(9-16-18-19)8-14-11-4-2-10(3-5-11)13-6-7-15-17-13/h2-7,9,14H,8H2,1H3,(H,15,17). The molecule has 0 aliphatic rings. The van der Waals surface area contributed by atoms with Gasteiger partial charge < -0.3 is 5.32 Å². The first kappa shape index (κ1) is 11.5. The summed E-state index contributed by atoms with van der Waals surface area (Å²) in [7, 11) is 1.88. The number of nitrogens with one attached hydrogen (secondary N) is 2. The average molecular weight is 254 g/mol. The summed E-state index contributed by atoms with van der Waals surface area (Å²) < 4.78 is 1.76. The van der Waals surface area contributed by atoms with E-state index in [1.807, 2.05) is 25.2 Å². The maximum absolute atomic E-state index is 3.94.